The minimum Gasteiger partial charge on any atom is -0.343 e. The van der Waals surface area contributed by atoms with Gasteiger partial charge >= 0.3 is 0 Å². The van der Waals surface area contributed by atoms with Crippen LogP contribution in [0.2, 0.25) is 0 Å². The molecule has 0 bridgehead atoms. The van der Waals surface area contributed by atoms with E-state index in [9.17, 15) is 4.79 Å². The molecular weight excluding hydrogens is 260 g/mol. The number of hydrogen-bond donors (Lipinski definition) is 1. The van der Waals surface area contributed by atoms with Crippen molar-refractivity contribution in [3.8, 4) is 0 Å². The zero-order chi connectivity index (χ0) is 13.0. The molecule has 2 fully saturated rings. The number of amides is 1. The average Bonchev–Trinajstić information content (AvgIpc) is 2.67. The first-order valence-corrected chi connectivity index (χ1v) is 7.70. The maximum atomic E-state index is 12.5. The van der Waals surface area contributed by atoms with E-state index >= 15 is 0 Å². The molecule has 2 saturated carbocycles. The van der Waals surface area contributed by atoms with Gasteiger partial charge in [-0.05, 0) is 38.5 Å². The van der Waals surface area contributed by atoms with Gasteiger partial charge in [-0.2, -0.15) is 0 Å². The van der Waals surface area contributed by atoms with Crippen LogP contribution in [0.15, 0.2) is 0 Å². The molecule has 4 heteroatoms. The van der Waals surface area contributed by atoms with Crippen molar-refractivity contribution < 1.29 is 4.79 Å². The molecule has 0 radical (unpaired) electrons. The Morgan fingerprint density at radius 3 is 2.00 bits per heavy atom. The lowest BCUT2D eigenvalue weighted by molar-refractivity contribution is -0.137. The number of halogens is 1. The standard InChI is InChI=1S/C15H28N2O.ClH/c1-17(14-10-8-13(16)9-11-14)15(18)12-6-4-2-3-5-7-12;/h12-14H,2-11,16H2,1H3;1H. The van der Waals surface area contributed by atoms with Gasteiger partial charge in [0.15, 0.2) is 0 Å². The molecule has 0 aliphatic heterocycles. The van der Waals surface area contributed by atoms with Crippen LogP contribution in [-0.4, -0.2) is 29.9 Å². The van der Waals surface area contributed by atoms with Crippen molar-refractivity contribution in [3.63, 3.8) is 0 Å². The maximum Gasteiger partial charge on any atom is 0.225 e. The lowest BCUT2D eigenvalue weighted by atomic mass is 9.89. The van der Waals surface area contributed by atoms with Gasteiger partial charge in [-0.25, -0.2) is 0 Å². The third-order valence-corrected chi connectivity index (χ3v) is 4.84. The van der Waals surface area contributed by atoms with Crippen LogP contribution in [0.1, 0.15) is 64.2 Å². The van der Waals surface area contributed by atoms with Crippen LogP contribution in [0.4, 0.5) is 0 Å². The van der Waals surface area contributed by atoms with Crippen molar-refractivity contribution >= 4 is 18.3 Å². The van der Waals surface area contributed by atoms with Gasteiger partial charge in [0.2, 0.25) is 5.91 Å². The maximum absolute atomic E-state index is 12.5. The first kappa shape index (κ1) is 16.8. The van der Waals surface area contributed by atoms with E-state index in [0.29, 0.717) is 23.9 Å². The molecule has 1 amide bonds. The molecule has 19 heavy (non-hydrogen) atoms. The van der Waals surface area contributed by atoms with Gasteiger partial charge in [0.05, 0.1) is 0 Å². The molecule has 0 spiro atoms. The monoisotopic (exact) mass is 288 g/mol. The van der Waals surface area contributed by atoms with Crippen LogP contribution < -0.4 is 5.73 Å². The van der Waals surface area contributed by atoms with Gasteiger partial charge < -0.3 is 10.6 Å². The summed E-state index contributed by atoms with van der Waals surface area (Å²) in [6.45, 7) is 0. The largest absolute Gasteiger partial charge is 0.343 e. The summed E-state index contributed by atoms with van der Waals surface area (Å²) in [7, 11) is 2.01. The predicted molar refractivity (Wildman–Crippen MR) is 81.4 cm³/mol. The van der Waals surface area contributed by atoms with Gasteiger partial charge in [-0.15, -0.1) is 12.4 Å². The SMILES string of the molecule is CN(C(=O)C1CCCCCC1)C1CCC(N)CC1.Cl. The molecule has 0 aromatic rings. The molecule has 2 rings (SSSR count). The van der Waals surface area contributed by atoms with Gasteiger partial charge in [0.25, 0.3) is 0 Å². The molecule has 112 valence electrons. The summed E-state index contributed by atoms with van der Waals surface area (Å²) in [6.07, 6.45) is 11.6. The average molecular weight is 289 g/mol. The van der Waals surface area contributed by atoms with E-state index in [2.05, 4.69) is 0 Å². The van der Waals surface area contributed by atoms with E-state index in [1.165, 1.54) is 25.7 Å². The third-order valence-electron chi connectivity index (χ3n) is 4.84. The Bertz CT molecular complexity index is 269. The number of hydrogen-bond acceptors (Lipinski definition) is 2. The second-order valence-corrected chi connectivity index (χ2v) is 6.21. The molecule has 2 aliphatic rings. The van der Waals surface area contributed by atoms with Gasteiger partial charge in [-0.1, -0.05) is 25.7 Å². The molecule has 0 aromatic heterocycles. The first-order valence-electron chi connectivity index (χ1n) is 7.70. The van der Waals surface area contributed by atoms with Gasteiger partial charge in [0.1, 0.15) is 0 Å². The molecule has 3 nitrogen and oxygen atoms in total. The molecular formula is C15H29ClN2O. The minimum atomic E-state index is 0. The Hall–Kier alpha value is -0.280. The zero-order valence-electron chi connectivity index (χ0n) is 12.1. The van der Waals surface area contributed by atoms with Gasteiger partial charge in [-0.3, -0.25) is 4.79 Å². The summed E-state index contributed by atoms with van der Waals surface area (Å²) in [6, 6.07) is 0.809. The van der Waals surface area contributed by atoms with Crippen LogP contribution in [0, 0.1) is 5.92 Å². The topological polar surface area (TPSA) is 46.3 Å². The summed E-state index contributed by atoms with van der Waals surface area (Å²) < 4.78 is 0. The van der Waals surface area contributed by atoms with E-state index in [4.69, 9.17) is 5.73 Å². The highest BCUT2D eigenvalue weighted by atomic mass is 35.5. The summed E-state index contributed by atoms with van der Waals surface area (Å²) in [5.74, 6) is 0.700. The highest BCUT2D eigenvalue weighted by Crippen LogP contribution is 2.27. The molecule has 0 aromatic carbocycles. The van der Waals surface area contributed by atoms with E-state index in [1.54, 1.807) is 0 Å². The summed E-state index contributed by atoms with van der Waals surface area (Å²) in [4.78, 5) is 14.6. The Morgan fingerprint density at radius 1 is 0.947 bits per heavy atom. The summed E-state index contributed by atoms with van der Waals surface area (Å²) in [5, 5.41) is 0. The van der Waals surface area contributed by atoms with E-state index in [-0.39, 0.29) is 12.4 Å². The number of nitrogens with two attached hydrogens (primary N) is 1. The lowest BCUT2D eigenvalue weighted by Gasteiger charge is -2.35. The Balaban J connectivity index is 0.00000180. The van der Waals surface area contributed by atoms with Crippen LogP contribution in [-0.2, 0) is 4.79 Å². The second kappa shape index (κ2) is 8.11. The van der Waals surface area contributed by atoms with Crippen molar-refractivity contribution in [1.29, 1.82) is 0 Å². The van der Waals surface area contributed by atoms with Crippen LogP contribution in [0.3, 0.4) is 0 Å². The molecule has 0 heterocycles. The Kier molecular flexibility index (Phi) is 7.16. The molecule has 0 unspecified atom stereocenters. The van der Waals surface area contributed by atoms with Crippen molar-refractivity contribution in [2.45, 2.75) is 76.3 Å². The zero-order valence-corrected chi connectivity index (χ0v) is 13.0. The van der Waals surface area contributed by atoms with Crippen molar-refractivity contribution in [3.05, 3.63) is 0 Å². The minimum absolute atomic E-state index is 0. The summed E-state index contributed by atoms with van der Waals surface area (Å²) >= 11 is 0. The number of carbonyl (C=O) groups excluding carboxylic acids is 1. The molecule has 2 N–H and O–H groups in total. The van der Waals surface area contributed by atoms with Crippen LogP contribution >= 0.6 is 12.4 Å². The van der Waals surface area contributed by atoms with Crippen LogP contribution in [0.5, 0.6) is 0 Å². The molecule has 0 atom stereocenters. The predicted octanol–water partition coefficient (Wildman–Crippen LogP) is 3.11. The number of rotatable bonds is 2. The third kappa shape index (κ3) is 4.64. The summed E-state index contributed by atoms with van der Waals surface area (Å²) in [5.41, 5.74) is 5.93. The highest BCUT2D eigenvalue weighted by molar-refractivity contribution is 5.85. The smallest absolute Gasteiger partial charge is 0.225 e. The van der Waals surface area contributed by atoms with Crippen molar-refractivity contribution in [2.24, 2.45) is 11.7 Å². The highest BCUT2D eigenvalue weighted by Gasteiger charge is 2.29. The van der Waals surface area contributed by atoms with Crippen molar-refractivity contribution in [2.75, 3.05) is 7.05 Å². The second-order valence-electron chi connectivity index (χ2n) is 6.21. The van der Waals surface area contributed by atoms with Gasteiger partial charge in [0, 0.05) is 25.0 Å². The normalized spacial score (nSPS) is 29.2. The van der Waals surface area contributed by atoms with Crippen molar-refractivity contribution in [1.82, 2.24) is 4.90 Å². The fourth-order valence-electron chi connectivity index (χ4n) is 3.48. The quantitative estimate of drug-likeness (QED) is 0.794. The number of carbonyl (C=O) groups is 1. The number of nitrogens with zero attached hydrogens (tertiary/aromatic N) is 1. The Labute approximate surface area is 123 Å². The van der Waals surface area contributed by atoms with E-state index < -0.39 is 0 Å². The molecule has 2 aliphatic carbocycles. The van der Waals surface area contributed by atoms with E-state index in [1.807, 2.05) is 11.9 Å². The molecule has 0 saturated heterocycles. The fraction of sp³-hybridized carbons (Fsp3) is 0.933. The van der Waals surface area contributed by atoms with Crippen LogP contribution in [0.25, 0.3) is 0 Å². The Morgan fingerprint density at radius 2 is 1.47 bits per heavy atom. The van der Waals surface area contributed by atoms with E-state index in [0.717, 1.165) is 38.5 Å². The lowest BCUT2D eigenvalue weighted by Crippen LogP contribution is -2.44. The first-order chi connectivity index (χ1) is 8.68. The fourth-order valence-corrected chi connectivity index (χ4v) is 3.48.